The lowest BCUT2D eigenvalue weighted by atomic mass is 9.95. The van der Waals surface area contributed by atoms with Gasteiger partial charge in [-0.1, -0.05) is 25.7 Å². The number of nitrogens with one attached hydrogen (secondary N) is 1. The molecule has 0 aromatic rings. The Morgan fingerprint density at radius 3 is 2.63 bits per heavy atom. The Kier molecular flexibility index (Phi) is 6.11. The zero-order valence-electron chi connectivity index (χ0n) is 11.9. The summed E-state index contributed by atoms with van der Waals surface area (Å²) in [7, 11) is 0. The van der Waals surface area contributed by atoms with Crippen LogP contribution in [0.4, 0.5) is 0 Å². The van der Waals surface area contributed by atoms with E-state index in [0.29, 0.717) is 31.7 Å². The fraction of sp³-hybridized carbons (Fsp3) is 0.933. The Hall–Kier alpha value is -0.610. The summed E-state index contributed by atoms with van der Waals surface area (Å²) < 4.78 is 5.81. The molecule has 2 rings (SSSR count). The van der Waals surface area contributed by atoms with Crippen molar-refractivity contribution in [3.8, 4) is 0 Å². The van der Waals surface area contributed by atoms with Crippen LogP contribution < -0.4 is 11.1 Å². The van der Waals surface area contributed by atoms with Gasteiger partial charge in [0.15, 0.2) is 0 Å². The van der Waals surface area contributed by atoms with Gasteiger partial charge < -0.3 is 15.8 Å². The second-order valence-electron chi connectivity index (χ2n) is 5.96. The largest absolute Gasteiger partial charge is 0.376 e. The minimum absolute atomic E-state index is 0.139. The molecule has 0 aromatic heterocycles. The number of carbonyl (C=O) groups is 1. The highest BCUT2D eigenvalue weighted by Crippen LogP contribution is 2.30. The highest BCUT2D eigenvalue weighted by atomic mass is 16.5. The predicted molar refractivity (Wildman–Crippen MR) is 75.7 cm³/mol. The van der Waals surface area contributed by atoms with Gasteiger partial charge in [-0.05, 0) is 38.1 Å². The molecule has 0 saturated heterocycles. The second-order valence-corrected chi connectivity index (χ2v) is 5.96. The van der Waals surface area contributed by atoms with Crippen LogP contribution in [0.1, 0.15) is 51.4 Å². The van der Waals surface area contributed by atoms with Gasteiger partial charge in [-0.25, -0.2) is 0 Å². The predicted octanol–water partition coefficient (Wildman–Crippen LogP) is 1.83. The Labute approximate surface area is 116 Å². The van der Waals surface area contributed by atoms with Gasteiger partial charge in [0.25, 0.3) is 0 Å². The SMILES string of the molecule is NCC1CCCC1C(=O)NCCOC1CCCCC1. The Morgan fingerprint density at radius 1 is 1.11 bits per heavy atom. The molecule has 0 spiro atoms. The highest BCUT2D eigenvalue weighted by molar-refractivity contribution is 5.79. The van der Waals surface area contributed by atoms with Crippen LogP contribution in [-0.2, 0) is 9.53 Å². The third kappa shape index (κ3) is 4.46. The van der Waals surface area contributed by atoms with E-state index in [2.05, 4.69) is 5.32 Å². The number of nitrogens with two attached hydrogens (primary N) is 1. The zero-order valence-corrected chi connectivity index (χ0v) is 11.9. The van der Waals surface area contributed by atoms with Crippen molar-refractivity contribution in [2.75, 3.05) is 19.7 Å². The maximum absolute atomic E-state index is 12.0. The van der Waals surface area contributed by atoms with Gasteiger partial charge in [0.2, 0.25) is 5.91 Å². The number of hydrogen-bond donors (Lipinski definition) is 2. The van der Waals surface area contributed by atoms with Crippen molar-refractivity contribution in [2.45, 2.75) is 57.5 Å². The van der Waals surface area contributed by atoms with Crippen molar-refractivity contribution < 1.29 is 9.53 Å². The molecule has 0 bridgehead atoms. The molecule has 2 fully saturated rings. The van der Waals surface area contributed by atoms with E-state index in [0.717, 1.165) is 19.3 Å². The van der Waals surface area contributed by atoms with Gasteiger partial charge in [-0.15, -0.1) is 0 Å². The summed E-state index contributed by atoms with van der Waals surface area (Å²) in [6.07, 6.45) is 9.96. The van der Waals surface area contributed by atoms with Crippen LogP contribution in [0, 0.1) is 11.8 Å². The maximum atomic E-state index is 12.0. The Morgan fingerprint density at radius 2 is 1.89 bits per heavy atom. The zero-order chi connectivity index (χ0) is 13.5. The molecular formula is C15H28N2O2. The van der Waals surface area contributed by atoms with Gasteiger partial charge in [-0.2, -0.15) is 0 Å². The fourth-order valence-corrected chi connectivity index (χ4v) is 3.43. The van der Waals surface area contributed by atoms with Crippen LogP contribution in [0.15, 0.2) is 0 Å². The molecule has 0 heterocycles. The first-order valence-corrected chi connectivity index (χ1v) is 7.90. The van der Waals surface area contributed by atoms with Crippen molar-refractivity contribution in [2.24, 2.45) is 17.6 Å². The number of amides is 1. The summed E-state index contributed by atoms with van der Waals surface area (Å²) in [5.74, 6) is 0.708. The monoisotopic (exact) mass is 268 g/mol. The lowest BCUT2D eigenvalue weighted by Crippen LogP contribution is -2.37. The number of carbonyl (C=O) groups excluding carboxylic acids is 1. The van der Waals surface area contributed by atoms with Crippen LogP contribution in [0.2, 0.25) is 0 Å². The third-order valence-electron chi connectivity index (χ3n) is 4.61. The molecule has 4 heteroatoms. The molecule has 0 radical (unpaired) electrons. The minimum Gasteiger partial charge on any atom is -0.376 e. The molecule has 4 nitrogen and oxygen atoms in total. The Balaban J connectivity index is 1.58. The molecule has 2 aliphatic rings. The number of rotatable bonds is 6. The first kappa shape index (κ1) is 14.8. The summed E-state index contributed by atoms with van der Waals surface area (Å²) in [5, 5.41) is 3.01. The van der Waals surface area contributed by atoms with Crippen LogP contribution in [0.3, 0.4) is 0 Å². The van der Waals surface area contributed by atoms with Gasteiger partial charge in [0.1, 0.15) is 0 Å². The van der Waals surface area contributed by atoms with E-state index in [4.69, 9.17) is 10.5 Å². The quantitative estimate of drug-likeness (QED) is 0.722. The molecule has 1 amide bonds. The van der Waals surface area contributed by atoms with E-state index in [9.17, 15) is 4.79 Å². The average molecular weight is 268 g/mol. The molecule has 0 aromatic carbocycles. The normalized spacial score (nSPS) is 28.5. The van der Waals surface area contributed by atoms with Crippen molar-refractivity contribution in [1.82, 2.24) is 5.32 Å². The minimum atomic E-state index is 0.139. The lowest BCUT2D eigenvalue weighted by Gasteiger charge is -2.22. The number of ether oxygens (including phenoxy) is 1. The van der Waals surface area contributed by atoms with Crippen molar-refractivity contribution in [3.05, 3.63) is 0 Å². The van der Waals surface area contributed by atoms with E-state index in [1.165, 1.54) is 32.1 Å². The standard InChI is InChI=1S/C15H28N2O2/c16-11-12-5-4-8-14(12)15(18)17-9-10-19-13-6-2-1-3-7-13/h12-14H,1-11,16H2,(H,17,18). The van der Waals surface area contributed by atoms with Gasteiger partial charge in [0, 0.05) is 12.5 Å². The van der Waals surface area contributed by atoms with E-state index in [-0.39, 0.29) is 11.8 Å². The van der Waals surface area contributed by atoms with Crippen LogP contribution >= 0.6 is 0 Å². The first-order valence-electron chi connectivity index (χ1n) is 7.90. The average Bonchev–Trinajstić information content (AvgIpc) is 2.93. The van der Waals surface area contributed by atoms with E-state index >= 15 is 0 Å². The maximum Gasteiger partial charge on any atom is 0.223 e. The van der Waals surface area contributed by atoms with Crippen LogP contribution in [0.5, 0.6) is 0 Å². The topological polar surface area (TPSA) is 64.4 Å². The molecular weight excluding hydrogens is 240 g/mol. The summed E-state index contributed by atoms with van der Waals surface area (Å²) in [4.78, 5) is 12.0. The summed E-state index contributed by atoms with van der Waals surface area (Å²) in [6.45, 7) is 1.93. The summed E-state index contributed by atoms with van der Waals surface area (Å²) in [6, 6.07) is 0. The highest BCUT2D eigenvalue weighted by Gasteiger charge is 2.31. The molecule has 3 N–H and O–H groups in total. The van der Waals surface area contributed by atoms with Gasteiger partial charge in [0.05, 0.1) is 12.7 Å². The van der Waals surface area contributed by atoms with Crippen LogP contribution in [0.25, 0.3) is 0 Å². The van der Waals surface area contributed by atoms with Crippen molar-refractivity contribution >= 4 is 5.91 Å². The molecule has 110 valence electrons. The molecule has 19 heavy (non-hydrogen) atoms. The molecule has 2 aliphatic carbocycles. The summed E-state index contributed by atoms with van der Waals surface area (Å²) in [5.41, 5.74) is 5.71. The van der Waals surface area contributed by atoms with E-state index in [1.807, 2.05) is 0 Å². The van der Waals surface area contributed by atoms with E-state index in [1.54, 1.807) is 0 Å². The molecule has 0 aliphatic heterocycles. The van der Waals surface area contributed by atoms with E-state index < -0.39 is 0 Å². The lowest BCUT2D eigenvalue weighted by molar-refractivity contribution is -0.126. The second kappa shape index (κ2) is 7.85. The molecule has 2 atom stereocenters. The molecule has 2 unspecified atom stereocenters. The smallest absolute Gasteiger partial charge is 0.223 e. The van der Waals surface area contributed by atoms with Gasteiger partial charge >= 0.3 is 0 Å². The van der Waals surface area contributed by atoms with Crippen molar-refractivity contribution in [1.29, 1.82) is 0 Å². The van der Waals surface area contributed by atoms with Gasteiger partial charge in [-0.3, -0.25) is 4.79 Å². The number of hydrogen-bond acceptors (Lipinski definition) is 3. The fourth-order valence-electron chi connectivity index (χ4n) is 3.43. The third-order valence-corrected chi connectivity index (χ3v) is 4.61. The van der Waals surface area contributed by atoms with Crippen LogP contribution in [-0.4, -0.2) is 31.7 Å². The molecule has 2 saturated carbocycles. The summed E-state index contributed by atoms with van der Waals surface area (Å²) >= 11 is 0. The Bertz CT molecular complexity index is 277. The first-order chi connectivity index (χ1) is 9.31. The van der Waals surface area contributed by atoms with Crippen molar-refractivity contribution in [3.63, 3.8) is 0 Å².